The van der Waals surface area contributed by atoms with Gasteiger partial charge in [-0.1, -0.05) is 0 Å². The first kappa shape index (κ1) is 20.2. The molecule has 0 atom stereocenters. The summed E-state index contributed by atoms with van der Waals surface area (Å²) < 4.78 is 0. The van der Waals surface area contributed by atoms with E-state index in [0.717, 1.165) is 37.5 Å². The quantitative estimate of drug-likeness (QED) is 0.535. The van der Waals surface area contributed by atoms with Gasteiger partial charge in [0.1, 0.15) is 11.9 Å². The number of carbonyl (C=O) groups excluding carboxylic acids is 1. The van der Waals surface area contributed by atoms with Crippen molar-refractivity contribution in [2.75, 3.05) is 17.2 Å². The predicted molar refractivity (Wildman–Crippen MR) is 107 cm³/mol. The fourth-order valence-corrected chi connectivity index (χ4v) is 3.22. The first-order chi connectivity index (χ1) is 13.4. The van der Waals surface area contributed by atoms with E-state index in [1.165, 1.54) is 0 Å². The van der Waals surface area contributed by atoms with Gasteiger partial charge in [-0.25, -0.2) is 9.97 Å². The van der Waals surface area contributed by atoms with Gasteiger partial charge in [-0.15, -0.1) is 0 Å². The van der Waals surface area contributed by atoms with Crippen molar-refractivity contribution in [2.24, 2.45) is 0 Å². The van der Waals surface area contributed by atoms with E-state index in [9.17, 15) is 15.0 Å². The lowest BCUT2D eigenvalue weighted by molar-refractivity contribution is -0.106. The van der Waals surface area contributed by atoms with Crippen molar-refractivity contribution < 1.29 is 15.0 Å². The van der Waals surface area contributed by atoms with Gasteiger partial charge in [-0.05, 0) is 51.7 Å². The average molecular weight is 385 g/mol. The summed E-state index contributed by atoms with van der Waals surface area (Å²) in [4.78, 5) is 24.2. The van der Waals surface area contributed by atoms with Crippen molar-refractivity contribution in [3.63, 3.8) is 0 Å². The molecule has 150 valence electrons. The summed E-state index contributed by atoms with van der Waals surface area (Å²) in [6, 6.07) is 3.81. The summed E-state index contributed by atoms with van der Waals surface area (Å²) in [5.41, 5.74) is 0.993. The second-order valence-electron chi connectivity index (χ2n) is 7.64. The van der Waals surface area contributed by atoms with Crippen LogP contribution in [0.15, 0.2) is 24.5 Å². The highest BCUT2D eigenvalue weighted by Crippen LogP contribution is 2.27. The Morgan fingerprint density at radius 1 is 1.14 bits per heavy atom. The van der Waals surface area contributed by atoms with Crippen LogP contribution in [0.5, 0.6) is 0 Å². The zero-order valence-electron chi connectivity index (χ0n) is 16.2. The third-order valence-electron chi connectivity index (χ3n) is 4.85. The Bertz CT molecular complexity index is 796. The van der Waals surface area contributed by atoms with E-state index in [0.29, 0.717) is 23.0 Å². The van der Waals surface area contributed by atoms with Gasteiger partial charge in [-0.2, -0.15) is 0 Å². The molecule has 2 aromatic heterocycles. The predicted octanol–water partition coefficient (Wildman–Crippen LogP) is 2.09. The minimum Gasteiger partial charge on any atom is -0.393 e. The van der Waals surface area contributed by atoms with Crippen LogP contribution in [-0.4, -0.2) is 50.1 Å². The second kappa shape index (κ2) is 8.62. The molecule has 0 spiro atoms. The molecule has 0 amide bonds. The molecule has 28 heavy (non-hydrogen) atoms. The van der Waals surface area contributed by atoms with E-state index in [-0.39, 0.29) is 18.7 Å². The summed E-state index contributed by atoms with van der Waals surface area (Å²) in [6.07, 6.45) is 7.04. The summed E-state index contributed by atoms with van der Waals surface area (Å²) in [5, 5.41) is 26.1. The highest BCUT2D eigenvalue weighted by atomic mass is 16.3. The molecule has 0 saturated heterocycles. The number of hydrogen-bond acceptors (Lipinski definition) is 8. The first-order valence-electron chi connectivity index (χ1n) is 9.55. The minimum absolute atomic E-state index is 0.147. The number of carbonyl (C=O) groups is 1. The maximum Gasteiger partial charge on any atom is 0.169 e. The third kappa shape index (κ3) is 5.02. The molecule has 2 aromatic rings. The topological polar surface area (TPSA) is 120 Å². The number of rotatable bonds is 7. The van der Waals surface area contributed by atoms with Gasteiger partial charge in [0, 0.05) is 17.8 Å². The van der Waals surface area contributed by atoms with E-state index < -0.39 is 5.60 Å². The van der Waals surface area contributed by atoms with E-state index in [1.54, 1.807) is 32.3 Å². The Hall–Kier alpha value is -2.58. The molecular formula is C20H27N5O3. The molecule has 0 bridgehead atoms. The van der Waals surface area contributed by atoms with Crippen LogP contribution in [0.25, 0.3) is 11.3 Å². The molecule has 0 radical (unpaired) electrons. The number of hydrogen-bond donors (Lipinski definition) is 4. The van der Waals surface area contributed by atoms with Gasteiger partial charge >= 0.3 is 0 Å². The van der Waals surface area contributed by atoms with Crippen molar-refractivity contribution in [1.29, 1.82) is 0 Å². The van der Waals surface area contributed by atoms with E-state index >= 15 is 0 Å². The van der Waals surface area contributed by atoms with Crippen LogP contribution in [-0.2, 0) is 10.4 Å². The standard InChI is InChI=1S/C20H27N5O3/c1-20(2,28)17-8-3-13(11-22-17)16-12-23-18(21-9-10-26)19(25-16)24-14-4-6-15(27)7-5-14/h3,8,10-12,14-15,27-28H,4-7,9H2,1-2H3,(H,21,23)(H,24,25). The Morgan fingerprint density at radius 2 is 1.89 bits per heavy atom. The van der Waals surface area contributed by atoms with Gasteiger partial charge in [0.05, 0.1) is 30.2 Å². The summed E-state index contributed by atoms with van der Waals surface area (Å²) in [6.45, 7) is 3.52. The van der Waals surface area contributed by atoms with Crippen LogP contribution in [0, 0.1) is 0 Å². The molecule has 8 nitrogen and oxygen atoms in total. The highest BCUT2D eigenvalue weighted by molar-refractivity contribution is 5.69. The molecule has 1 fully saturated rings. The van der Waals surface area contributed by atoms with Gasteiger partial charge in [0.25, 0.3) is 0 Å². The average Bonchev–Trinajstić information content (AvgIpc) is 2.68. The van der Waals surface area contributed by atoms with Crippen molar-refractivity contribution in [3.8, 4) is 11.3 Å². The van der Waals surface area contributed by atoms with Gasteiger partial charge in [0.2, 0.25) is 0 Å². The van der Waals surface area contributed by atoms with E-state index in [2.05, 4.69) is 25.6 Å². The van der Waals surface area contributed by atoms with Crippen molar-refractivity contribution in [3.05, 3.63) is 30.2 Å². The molecule has 1 aliphatic rings. The molecule has 8 heteroatoms. The zero-order chi connectivity index (χ0) is 20.1. The van der Waals surface area contributed by atoms with Crippen molar-refractivity contribution >= 4 is 17.9 Å². The third-order valence-corrected chi connectivity index (χ3v) is 4.85. The monoisotopic (exact) mass is 385 g/mol. The van der Waals surface area contributed by atoms with Gasteiger partial charge in [0.15, 0.2) is 11.6 Å². The van der Waals surface area contributed by atoms with Crippen molar-refractivity contribution in [2.45, 2.75) is 57.3 Å². The van der Waals surface area contributed by atoms with Crippen LogP contribution in [0.2, 0.25) is 0 Å². The number of aldehydes is 1. The Balaban J connectivity index is 1.85. The molecule has 1 aliphatic carbocycles. The molecule has 3 rings (SSSR count). The van der Waals surface area contributed by atoms with Gasteiger partial charge in [-0.3, -0.25) is 4.98 Å². The number of nitrogens with one attached hydrogen (secondary N) is 2. The number of aromatic nitrogens is 3. The van der Waals surface area contributed by atoms with Crippen LogP contribution in [0.3, 0.4) is 0 Å². The maximum atomic E-state index is 10.7. The SMILES string of the molecule is CC(C)(O)c1ccc(-c2cnc(NCC=O)c(NC3CCC(O)CC3)n2)cn1. The first-order valence-corrected chi connectivity index (χ1v) is 9.55. The van der Waals surface area contributed by atoms with Gasteiger partial charge < -0.3 is 25.6 Å². The summed E-state index contributed by atoms with van der Waals surface area (Å²) in [7, 11) is 0. The fourth-order valence-electron chi connectivity index (χ4n) is 3.22. The lowest BCUT2D eigenvalue weighted by atomic mass is 9.93. The van der Waals surface area contributed by atoms with E-state index in [4.69, 9.17) is 0 Å². The number of aliphatic hydroxyl groups excluding tert-OH is 1. The van der Waals surface area contributed by atoms with E-state index in [1.807, 2.05) is 6.07 Å². The molecule has 0 aliphatic heterocycles. The molecule has 4 N–H and O–H groups in total. The molecule has 1 saturated carbocycles. The number of nitrogens with zero attached hydrogens (tertiary/aromatic N) is 3. The van der Waals surface area contributed by atoms with Crippen LogP contribution in [0.1, 0.15) is 45.2 Å². The minimum atomic E-state index is -1.01. The summed E-state index contributed by atoms with van der Waals surface area (Å²) >= 11 is 0. The Morgan fingerprint density at radius 3 is 2.50 bits per heavy atom. The largest absolute Gasteiger partial charge is 0.393 e. The highest BCUT2D eigenvalue weighted by Gasteiger charge is 2.21. The normalized spacial score (nSPS) is 19.9. The van der Waals surface area contributed by atoms with Crippen molar-refractivity contribution in [1.82, 2.24) is 15.0 Å². The molecular weight excluding hydrogens is 358 g/mol. The molecule has 0 aromatic carbocycles. The summed E-state index contributed by atoms with van der Waals surface area (Å²) in [5.74, 6) is 1.09. The lowest BCUT2D eigenvalue weighted by Crippen LogP contribution is -2.29. The lowest BCUT2D eigenvalue weighted by Gasteiger charge is -2.27. The Labute approximate surface area is 164 Å². The van der Waals surface area contributed by atoms with Crippen LogP contribution < -0.4 is 10.6 Å². The number of aliphatic hydroxyl groups is 2. The van der Waals surface area contributed by atoms with Crippen LogP contribution >= 0.6 is 0 Å². The second-order valence-corrected chi connectivity index (χ2v) is 7.64. The fraction of sp³-hybridized carbons (Fsp3) is 0.500. The van der Waals surface area contributed by atoms with Crippen LogP contribution in [0.4, 0.5) is 11.6 Å². The molecule has 0 unspecified atom stereocenters. The number of pyridine rings is 1. The zero-order valence-corrected chi connectivity index (χ0v) is 16.2. The number of anilines is 2. The Kier molecular flexibility index (Phi) is 6.21. The molecule has 2 heterocycles. The smallest absolute Gasteiger partial charge is 0.169 e. The maximum absolute atomic E-state index is 10.7.